The van der Waals surface area contributed by atoms with Gasteiger partial charge in [0.1, 0.15) is 11.8 Å². The van der Waals surface area contributed by atoms with Crippen LogP contribution in [-0.4, -0.2) is 63.4 Å². The number of hydrogen-bond donors (Lipinski definition) is 1. The lowest BCUT2D eigenvalue weighted by molar-refractivity contribution is -0.141. The summed E-state index contributed by atoms with van der Waals surface area (Å²) in [4.78, 5) is 23.1. The second-order valence-corrected chi connectivity index (χ2v) is 7.63. The number of carbonyl (C=O) groups excluding carboxylic acids is 1. The maximum absolute atomic E-state index is 12.8. The van der Waals surface area contributed by atoms with E-state index >= 15 is 0 Å². The van der Waals surface area contributed by atoms with Gasteiger partial charge >= 0.3 is 12.3 Å². The summed E-state index contributed by atoms with van der Waals surface area (Å²) in [5.74, 6) is 0.0117. The highest BCUT2D eigenvalue weighted by Gasteiger charge is 2.38. The molecule has 2 aliphatic heterocycles. The van der Waals surface area contributed by atoms with E-state index in [1.165, 1.54) is 0 Å². The molecule has 2 fully saturated rings. The number of nitrogens with zero attached hydrogens (tertiary/aromatic N) is 4. The summed E-state index contributed by atoms with van der Waals surface area (Å²) in [7, 11) is 0. The molecule has 2 atom stereocenters. The van der Waals surface area contributed by atoms with Crippen molar-refractivity contribution in [1.82, 2.24) is 14.9 Å². The second-order valence-electron chi connectivity index (χ2n) is 7.63. The summed E-state index contributed by atoms with van der Waals surface area (Å²) in [6, 6.07) is 0.667. The third kappa shape index (κ3) is 4.79. The quantitative estimate of drug-likeness (QED) is 0.854. The van der Waals surface area contributed by atoms with E-state index in [1.54, 1.807) is 23.6 Å². The molecule has 1 N–H and O–H groups in total. The maximum Gasteiger partial charge on any atom is 0.433 e. The molecule has 0 spiro atoms. The Morgan fingerprint density at radius 1 is 1.30 bits per heavy atom. The number of amides is 1. The van der Waals surface area contributed by atoms with Crippen molar-refractivity contribution in [3.05, 3.63) is 18.0 Å². The average Bonchev–Trinajstić information content (AvgIpc) is 3.02. The molecular weight excluding hydrogens is 365 g/mol. The number of hydrogen-bond acceptors (Lipinski definition) is 6. The summed E-state index contributed by atoms with van der Waals surface area (Å²) in [5.41, 5.74) is -1.90. The lowest BCUT2D eigenvalue weighted by atomic mass is 9.98. The van der Waals surface area contributed by atoms with E-state index in [2.05, 4.69) is 9.97 Å². The number of anilines is 1. The Balaban J connectivity index is 1.61. The first-order valence-corrected chi connectivity index (χ1v) is 8.88. The Labute approximate surface area is 155 Å². The molecule has 0 bridgehead atoms. The van der Waals surface area contributed by atoms with E-state index in [0.29, 0.717) is 38.9 Å². The Morgan fingerprint density at radius 2 is 2.04 bits per heavy atom. The van der Waals surface area contributed by atoms with Crippen molar-refractivity contribution in [2.75, 3.05) is 24.5 Å². The molecule has 0 aliphatic carbocycles. The van der Waals surface area contributed by atoms with Crippen molar-refractivity contribution in [1.29, 1.82) is 0 Å². The van der Waals surface area contributed by atoms with Crippen LogP contribution in [0.3, 0.4) is 0 Å². The summed E-state index contributed by atoms with van der Waals surface area (Å²) in [5, 5.41) is 9.87. The van der Waals surface area contributed by atoms with Gasteiger partial charge in [-0.1, -0.05) is 0 Å². The van der Waals surface area contributed by atoms with Gasteiger partial charge in [-0.15, -0.1) is 0 Å². The van der Waals surface area contributed by atoms with E-state index in [9.17, 15) is 23.1 Å². The fourth-order valence-corrected chi connectivity index (χ4v) is 3.51. The van der Waals surface area contributed by atoms with E-state index in [-0.39, 0.29) is 18.1 Å². The number of halogens is 3. The second kappa shape index (κ2) is 7.14. The van der Waals surface area contributed by atoms with Crippen LogP contribution >= 0.6 is 0 Å². The maximum atomic E-state index is 12.8. The van der Waals surface area contributed by atoms with Crippen molar-refractivity contribution in [2.45, 2.75) is 57.0 Å². The first-order valence-electron chi connectivity index (χ1n) is 8.88. The van der Waals surface area contributed by atoms with Crippen LogP contribution in [0.1, 0.15) is 38.8 Å². The van der Waals surface area contributed by atoms with E-state index < -0.39 is 23.6 Å². The van der Waals surface area contributed by atoms with Crippen molar-refractivity contribution in [2.24, 2.45) is 0 Å². The molecule has 2 saturated heterocycles. The van der Waals surface area contributed by atoms with Crippen LogP contribution in [0.2, 0.25) is 0 Å². The van der Waals surface area contributed by atoms with Gasteiger partial charge in [0, 0.05) is 38.7 Å². The van der Waals surface area contributed by atoms with Crippen LogP contribution in [0.5, 0.6) is 0 Å². The van der Waals surface area contributed by atoms with Crippen molar-refractivity contribution < 1.29 is 27.8 Å². The molecule has 27 heavy (non-hydrogen) atoms. The normalized spacial score (nSPS) is 24.3. The van der Waals surface area contributed by atoms with E-state index in [1.807, 2.05) is 0 Å². The van der Waals surface area contributed by atoms with Gasteiger partial charge in [-0.3, -0.25) is 0 Å². The van der Waals surface area contributed by atoms with E-state index in [4.69, 9.17) is 4.74 Å². The van der Waals surface area contributed by atoms with Crippen LogP contribution < -0.4 is 4.90 Å². The van der Waals surface area contributed by atoms with Crippen molar-refractivity contribution in [3.8, 4) is 0 Å². The van der Waals surface area contributed by atoms with Crippen LogP contribution in [0.25, 0.3) is 0 Å². The van der Waals surface area contributed by atoms with Crippen LogP contribution in [0.15, 0.2) is 12.3 Å². The minimum Gasteiger partial charge on any atom is -0.446 e. The van der Waals surface area contributed by atoms with Gasteiger partial charge in [-0.25, -0.2) is 14.8 Å². The molecule has 2 aliphatic rings. The Kier molecular flexibility index (Phi) is 5.20. The van der Waals surface area contributed by atoms with Crippen molar-refractivity contribution in [3.63, 3.8) is 0 Å². The first kappa shape index (κ1) is 19.7. The molecular formula is C17H23F3N4O3. The molecule has 1 aromatic heterocycles. The highest BCUT2D eigenvalue weighted by molar-refractivity contribution is 5.69. The van der Waals surface area contributed by atoms with Crippen molar-refractivity contribution >= 4 is 12.0 Å². The highest BCUT2D eigenvalue weighted by atomic mass is 19.4. The van der Waals surface area contributed by atoms with Gasteiger partial charge < -0.3 is 19.6 Å². The number of ether oxygens (including phenoxy) is 1. The van der Waals surface area contributed by atoms with Gasteiger partial charge in [-0.2, -0.15) is 13.2 Å². The topological polar surface area (TPSA) is 78.8 Å². The lowest BCUT2D eigenvalue weighted by Gasteiger charge is -2.37. The Bertz CT molecular complexity index is 693. The average molecular weight is 388 g/mol. The zero-order valence-electron chi connectivity index (χ0n) is 15.2. The molecule has 3 rings (SSSR count). The van der Waals surface area contributed by atoms with Crippen LogP contribution in [-0.2, 0) is 10.9 Å². The first-order chi connectivity index (χ1) is 12.5. The van der Waals surface area contributed by atoms with Gasteiger partial charge in [0.25, 0.3) is 0 Å². The Morgan fingerprint density at radius 3 is 2.67 bits per heavy atom. The molecule has 10 heteroatoms. The summed E-state index contributed by atoms with van der Waals surface area (Å²) < 4.78 is 43.9. The summed E-state index contributed by atoms with van der Waals surface area (Å²) in [6.07, 6.45) is -2.65. The molecule has 0 radical (unpaired) electrons. The molecule has 7 nitrogen and oxygen atoms in total. The van der Waals surface area contributed by atoms with Gasteiger partial charge in [0.05, 0.1) is 11.6 Å². The fourth-order valence-electron chi connectivity index (χ4n) is 3.51. The minimum atomic E-state index is -4.52. The minimum absolute atomic E-state index is 0.0117. The third-order valence-electron chi connectivity index (χ3n) is 4.74. The fraction of sp³-hybridized carbons (Fsp3) is 0.706. The summed E-state index contributed by atoms with van der Waals surface area (Å²) >= 11 is 0. The number of rotatable bonds is 4. The highest BCUT2D eigenvalue weighted by Crippen LogP contribution is 2.30. The number of aromatic nitrogens is 2. The predicted molar refractivity (Wildman–Crippen MR) is 90.2 cm³/mol. The standard InChI is InChI=1S/C17H23F3N4O3/c1-16(2,26)9-12-5-8-24(15(25)27-12)11-4-7-23(10-11)14-21-6-3-13(22-14)17(18,19)20/h3,6,11-12,26H,4-5,7-10H2,1-2H3. The SMILES string of the molecule is CC(C)(O)CC1CCN(C2CCN(c3nccc(C(F)(F)F)n3)C2)C(=O)O1. The third-order valence-corrected chi connectivity index (χ3v) is 4.74. The number of alkyl halides is 3. The lowest BCUT2D eigenvalue weighted by Crippen LogP contribution is -2.49. The molecule has 150 valence electrons. The van der Waals surface area contributed by atoms with Crippen LogP contribution in [0, 0.1) is 0 Å². The molecule has 2 unspecified atom stereocenters. The molecule has 1 amide bonds. The number of carbonyl (C=O) groups is 1. The van der Waals surface area contributed by atoms with Gasteiger partial charge in [-0.05, 0) is 26.3 Å². The summed E-state index contributed by atoms with van der Waals surface area (Å²) in [6.45, 7) is 4.63. The predicted octanol–water partition coefficient (Wildman–Crippen LogP) is 2.45. The Hall–Kier alpha value is -2.10. The number of cyclic esters (lactones) is 1. The smallest absolute Gasteiger partial charge is 0.433 e. The monoisotopic (exact) mass is 388 g/mol. The zero-order chi connectivity index (χ0) is 19.8. The van der Waals surface area contributed by atoms with E-state index in [0.717, 1.165) is 12.3 Å². The largest absolute Gasteiger partial charge is 0.446 e. The van der Waals surface area contributed by atoms with Gasteiger partial charge in [0.2, 0.25) is 5.95 Å². The molecule has 0 saturated carbocycles. The molecule has 0 aromatic carbocycles. The molecule has 3 heterocycles. The van der Waals surface area contributed by atoms with Gasteiger partial charge in [0.15, 0.2) is 0 Å². The number of aliphatic hydroxyl groups is 1. The van der Waals surface area contributed by atoms with Crippen LogP contribution in [0.4, 0.5) is 23.9 Å². The zero-order valence-corrected chi connectivity index (χ0v) is 15.2. The molecule has 1 aromatic rings.